The molecule has 0 unspecified atom stereocenters. The maximum Gasteiger partial charge on any atom is 0.255 e. The van der Waals surface area contributed by atoms with E-state index in [2.05, 4.69) is 47.2 Å². The van der Waals surface area contributed by atoms with Crippen LogP contribution in [0.3, 0.4) is 0 Å². The fourth-order valence-corrected chi connectivity index (χ4v) is 6.13. The molecule has 0 aliphatic carbocycles. The van der Waals surface area contributed by atoms with Crippen molar-refractivity contribution >= 4 is 67.0 Å². The summed E-state index contributed by atoms with van der Waals surface area (Å²) >= 11 is 3.45. The SMILES string of the molecule is COc1ccc(CN=C(N)NCCNC(=O)[C@H](Cc2c[nH]c3ccccc23)NC(=O)c2cc(Br)ccc2NC(=O)c2ccc3ccccc3c2)cc1. The number of nitrogens with two attached hydrogens (primary N) is 1. The molecule has 0 bridgehead atoms. The van der Waals surface area contributed by atoms with Crippen molar-refractivity contribution in [3.63, 3.8) is 0 Å². The number of amides is 3. The zero-order chi connectivity index (χ0) is 36.5. The van der Waals surface area contributed by atoms with Crippen molar-refractivity contribution in [2.75, 3.05) is 25.5 Å². The van der Waals surface area contributed by atoms with Gasteiger partial charge in [-0.3, -0.25) is 14.4 Å². The number of rotatable bonds is 13. The van der Waals surface area contributed by atoms with E-state index in [-0.39, 0.29) is 36.3 Å². The van der Waals surface area contributed by atoms with Gasteiger partial charge in [0.2, 0.25) is 5.91 Å². The molecule has 0 radical (unpaired) electrons. The predicted octanol–water partition coefficient (Wildman–Crippen LogP) is 5.91. The van der Waals surface area contributed by atoms with Gasteiger partial charge in [-0.05, 0) is 70.4 Å². The minimum absolute atomic E-state index is 0.197. The molecule has 11 nitrogen and oxygen atoms in total. The number of nitrogens with zero attached hydrogens (tertiary/aromatic N) is 1. The highest BCUT2D eigenvalue weighted by Gasteiger charge is 2.25. The third-order valence-electron chi connectivity index (χ3n) is 8.53. The van der Waals surface area contributed by atoms with Gasteiger partial charge in [-0.1, -0.05) is 76.6 Å². The van der Waals surface area contributed by atoms with Gasteiger partial charge in [0, 0.05) is 46.6 Å². The molecule has 1 heterocycles. The second-order valence-electron chi connectivity index (χ2n) is 12.1. The first kappa shape index (κ1) is 35.7. The Hall–Kier alpha value is -6.14. The third kappa shape index (κ3) is 8.95. The van der Waals surface area contributed by atoms with Crippen LogP contribution in [0.15, 0.2) is 125 Å². The Kier molecular flexibility index (Phi) is 11.5. The van der Waals surface area contributed by atoms with Crippen molar-refractivity contribution in [2.45, 2.75) is 19.0 Å². The Morgan fingerprint density at radius 1 is 0.846 bits per heavy atom. The van der Waals surface area contributed by atoms with Crippen LogP contribution in [0.1, 0.15) is 31.8 Å². The molecule has 5 aromatic carbocycles. The van der Waals surface area contributed by atoms with Gasteiger partial charge in [-0.2, -0.15) is 0 Å². The van der Waals surface area contributed by atoms with E-state index in [9.17, 15) is 14.4 Å². The molecule has 0 aliphatic rings. The summed E-state index contributed by atoms with van der Waals surface area (Å²) in [5, 5.41) is 14.6. The maximum absolute atomic E-state index is 13.9. The monoisotopic (exact) mass is 759 g/mol. The summed E-state index contributed by atoms with van der Waals surface area (Å²) in [5.41, 5.74) is 9.76. The quantitative estimate of drug-likeness (QED) is 0.0488. The van der Waals surface area contributed by atoms with Gasteiger partial charge in [-0.15, -0.1) is 0 Å². The van der Waals surface area contributed by atoms with Crippen LogP contribution in [-0.4, -0.2) is 54.9 Å². The number of anilines is 1. The number of hydrogen-bond donors (Lipinski definition) is 6. The van der Waals surface area contributed by atoms with Gasteiger partial charge in [0.15, 0.2) is 5.96 Å². The van der Waals surface area contributed by atoms with Crippen molar-refractivity contribution in [1.82, 2.24) is 20.9 Å². The summed E-state index contributed by atoms with van der Waals surface area (Å²) in [6, 6.07) is 32.5. The lowest BCUT2D eigenvalue weighted by molar-refractivity contribution is -0.122. The third-order valence-corrected chi connectivity index (χ3v) is 9.02. The highest BCUT2D eigenvalue weighted by atomic mass is 79.9. The van der Waals surface area contributed by atoms with Crippen molar-refractivity contribution < 1.29 is 19.1 Å². The van der Waals surface area contributed by atoms with Crippen LogP contribution in [-0.2, 0) is 17.8 Å². The molecule has 6 aromatic rings. The number of para-hydroxylation sites is 1. The number of halogens is 1. The number of H-pyrrole nitrogens is 1. The van der Waals surface area contributed by atoms with E-state index < -0.39 is 11.9 Å². The molecule has 0 fully saturated rings. The Morgan fingerprint density at radius 2 is 1.60 bits per heavy atom. The van der Waals surface area contributed by atoms with Gasteiger partial charge in [0.05, 0.1) is 24.9 Å². The van der Waals surface area contributed by atoms with E-state index in [0.717, 1.165) is 38.6 Å². The second-order valence-corrected chi connectivity index (χ2v) is 13.0. The second kappa shape index (κ2) is 16.7. The molecule has 52 heavy (non-hydrogen) atoms. The molecule has 264 valence electrons. The van der Waals surface area contributed by atoms with Crippen LogP contribution in [0.25, 0.3) is 21.7 Å². The summed E-state index contributed by atoms with van der Waals surface area (Å²) in [6.45, 7) is 0.921. The van der Waals surface area contributed by atoms with Crippen LogP contribution >= 0.6 is 15.9 Å². The van der Waals surface area contributed by atoms with Crippen LogP contribution in [0.4, 0.5) is 5.69 Å². The molecule has 0 saturated heterocycles. The smallest absolute Gasteiger partial charge is 0.255 e. The van der Waals surface area contributed by atoms with Crippen LogP contribution in [0.5, 0.6) is 5.75 Å². The molecule has 3 amide bonds. The van der Waals surface area contributed by atoms with E-state index >= 15 is 0 Å². The maximum atomic E-state index is 13.9. The van der Waals surface area contributed by atoms with Crippen molar-refractivity contribution in [3.05, 3.63) is 142 Å². The molecule has 7 N–H and O–H groups in total. The Balaban J connectivity index is 1.14. The molecular formula is C40H38BrN7O4. The highest BCUT2D eigenvalue weighted by Crippen LogP contribution is 2.24. The van der Waals surface area contributed by atoms with Crippen molar-refractivity contribution in [3.8, 4) is 5.75 Å². The largest absolute Gasteiger partial charge is 0.497 e. The average molecular weight is 761 g/mol. The van der Waals surface area contributed by atoms with E-state index in [1.807, 2.05) is 85.1 Å². The summed E-state index contributed by atoms with van der Waals surface area (Å²) < 4.78 is 5.82. The van der Waals surface area contributed by atoms with Crippen LogP contribution in [0, 0.1) is 0 Å². The normalized spacial score (nSPS) is 11.9. The number of aromatic nitrogens is 1. The first-order chi connectivity index (χ1) is 25.3. The van der Waals surface area contributed by atoms with E-state index in [1.165, 1.54) is 0 Å². The standard InChI is InChI=1S/C40H38BrN7O4/c1-52-31-15-10-25(11-16-31)23-46-40(42)44-19-18-43-39(51)36(21-29-24-45-34-9-5-4-8-32(29)34)48-38(50)33-22-30(41)14-17-35(33)47-37(49)28-13-12-26-6-2-3-7-27(26)20-28/h2-17,20,22,24,36,45H,18-19,21,23H2,1H3,(H,43,51)(H,47,49)(H,48,50)(H3,42,44,46)/t36-/m0/s1. The number of nitrogens with one attached hydrogen (secondary N) is 5. The lowest BCUT2D eigenvalue weighted by atomic mass is 10.0. The minimum Gasteiger partial charge on any atom is -0.497 e. The Labute approximate surface area is 309 Å². The number of fused-ring (bicyclic) bond motifs is 2. The molecular weight excluding hydrogens is 722 g/mol. The van der Waals surface area contributed by atoms with Gasteiger partial charge in [0.1, 0.15) is 11.8 Å². The zero-order valence-corrected chi connectivity index (χ0v) is 30.0. The molecule has 0 aliphatic heterocycles. The number of hydrogen-bond acceptors (Lipinski definition) is 5. The number of methoxy groups -OCH3 is 1. The average Bonchev–Trinajstić information content (AvgIpc) is 3.58. The number of benzene rings is 5. The summed E-state index contributed by atoms with van der Waals surface area (Å²) in [4.78, 5) is 48.6. The predicted molar refractivity (Wildman–Crippen MR) is 209 cm³/mol. The first-order valence-corrected chi connectivity index (χ1v) is 17.5. The number of ether oxygens (including phenoxy) is 1. The molecule has 6 rings (SSSR count). The lowest BCUT2D eigenvalue weighted by Gasteiger charge is -2.20. The van der Waals surface area contributed by atoms with Crippen molar-refractivity contribution in [2.24, 2.45) is 10.7 Å². The Morgan fingerprint density at radius 3 is 2.40 bits per heavy atom. The number of carbonyl (C=O) groups excluding carboxylic acids is 3. The molecule has 0 spiro atoms. The minimum atomic E-state index is -0.948. The zero-order valence-electron chi connectivity index (χ0n) is 28.4. The van der Waals surface area contributed by atoms with Gasteiger partial charge in [0.25, 0.3) is 11.8 Å². The number of aliphatic imine (C=N–C) groups is 1. The van der Waals surface area contributed by atoms with Gasteiger partial charge < -0.3 is 36.7 Å². The topological polar surface area (TPSA) is 163 Å². The summed E-state index contributed by atoms with van der Waals surface area (Å²) in [5.74, 6) is -0.278. The first-order valence-electron chi connectivity index (χ1n) is 16.7. The summed E-state index contributed by atoms with van der Waals surface area (Å²) in [6.07, 6.45) is 2.06. The van der Waals surface area contributed by atoms with Gasteiger partial charge >= 0.3 is 0 Å². The summed E-state index contributed by atoms with van der Waals surface area (Å²) in [7, 11) is 1.61. The van der Waals surface area contributed by atoms with Crippen LogP contribution in [0.2, 0.25) is 0 Å². The molecule has 1 atom stereocenters. The van der Waals surface area contributed by atoms with E-state index in [1.54, 1.807) is 37.4 Å². The van der Waals surface area contributed by atoms with Gasteiger partial charge in [-0.25, -0.2) is 4.99 Å². The fourth-order valence-electron chi connectivity index (χ4n) is 5.77. The van der Waals surface area contributed by atoms with E-state index in [0.29, 0.717) is 28.8 Å². The molecule has 12 heteroatoms. The fraction of sp³-hybridized carbons (Fsp3) is 0.150. The number of aromatic amines is 1. The molecule has 0 saturated carbocycles. The van der Waals surface area contributed by atoms with E-state index in [4.69, 9.17) is 10.5 Å². The highest BCUT2D eigenvalue weighted by molar-refractivity contribution is 9.10. The number of carbonyl (C=O) groups is 3. The van der Waals surface area contributed by atoms with Crippen LogP contribution < -0.4 is 31.7 Å². The van der Waals surface area contributed by atoms with Crippen molar-refractivity contribution in [1.29, 1.82) is 0 Å². The Bertz CT molecular complexity index is 2250. The lowest BCUT2D eigenvalue weighted by Crippen LogP contribution is -2.49. The number of guanidine groups is 1. The molecule has 1 aromatic heterocycles.